The van der Waals surface area contributed by atoms with Crippen LogP contribution in [0, 0.1) is 6.92 Å². The SMILES string of the molecule is Cc1ccc(C(CNC(=O)NCc2ccoc2)N2CCOCC2)o1. The van der Waals surface area contributed by atoms with E-state index in [0.717, 1.165) is 30.2 Å². The van der Waals surface area contributed by atoms with E-state index >= 15 is 0 Å². The third-order valence-corrected chi connectivity index (χ3v) is 4.07. The van der Waals surface area contributed by atoms with Crippen LogP contribution in [0.4, 0.5) is 4.79 Å². The first-order valence-corrected chi connectivity index (χ1v) is 8.13. The van der Waals surface area contributed by atoms with Crippen molar-refractivity contribution in [3.8, 4) is 0 Å². The fourth-order valence-electron chi connectivity index (χ4n) is 2.76. The number of carbonyl (C=O) groups excluding carboxylic acids is 1. The molecule has 1 aliphatic heterocycles. The molecule has 3 heterocycles. The fourth-order valence-corrected chi connectivity index (χ4v) is 2.76. The number of nitrogens with zero attached hydrogens (tertiary/aromatic N) is 1. The van der Waals surface area contributed by atoms with E-state index in [4.69, 9.17) is 13.6 Å². The van der Waals surface area contributed by atoms with Gasteiger partial charge in [0.1, 0.15) is 11.5 Å². The zero-order valence-electron chi connectivity index (χ0n) is 13.8. The van der Waals surface area contributed by atoms with E-state index in [0.29, 0.717) is 26.3 Å². The Morgan fingerprint density at radius 1 is 1.25 bits per heavy atom. The maximum atomic E-state index is 12.0. The van der Waals surface area contributed by atoms with Gasteiger partial charge < -0.3 is 24.2 Å². The van der Waals surface area contributed by atoms with Gasteiger partial charge >= 0.3 is 6.03 Å². The lowest BCUT2D eigenvalue weighted by molar-refractivity contribution is 0.0121. The number of carbonyl (C=O) groups is 1. The largest absolute Gasteiger partial charge is 0.472 e. The molecule has 2 N–H and O–H groups in total. The minimum absolute atomic E-state index is 0.00211. The number of hydrogen-bond donors (Lipinski definition) is 2. The van der Waals surface area contributed by atoms with Crippen LogP contribution in [0.5, 0.6) is 0 Å². The fraction of sp³-hybridized carbons (Fsp3) is 0.471. The Morgan fingerprint density at radius 3 is 2.75 bits per heavy atom. The second kappa shape index (κ2) is 8.03. The van der Waals surface area contributed by atoms with Crippen LogP contribution in [0.1, 0.15) is 23.1 Å². The summed E-state index contributed by atoms with van der Waals surface area (Å²) in [7, 11) is 0. The molecule has 1 fully saturated rings. The summed E-state index contributed by atoms with van der Waals surface area (Å²) in [5.41, 5.74) is 0.927. The van der Waals surface area contributed by atoms with Gasteiger partial charge in [0.15, 0.2) is 0 Å². The standard InChI is InChI=1S/C17H23N3O4/c1-13-2-3-16(24-13)15(20-5-8-22-9-6-20)11-19-17(21)18-10-14-4-7-23-12-14/h2-4,7,12,15H,5-6,8-11H2,1H3,(H2,18,19,21). The molecule has 3 rings (SSSR count). The number of aryl methyl sites for hydroxylation is 1. The quantitative estimate of drug-likeness (QED) is 0.846. The van der Waals surface area contributed by atoms with Crippen molar-refractivity contribution in [2.75, 3.05) is 32.8 Å². The van der Waals surface area contributed by atoms with Crippen molar-refractivity contribution in [3.05, 3.63) is 47.8 Å². The molecule has 0 saturated carbocycles. The number of amides is 2. The highest BCUT2D eigenvalue weighted by Gasteiger charge is 2.25. The van der Waals surface area contributed by atoms with Crippen molar-refractivity contribution in [2.45, 2.75) is 19.5 Å². The van der Waals surface area contributed by atoms with E-state index < -0.39 is 0 Å². The molecule has 1 saturated heterocycles. The van der Waals surface area contributed by atoms with E-state index in [9.17, 15) is 4.79 Å². The zero-order chi connectivity index (χ0) is 16.8. The third-order valence-electron chi connectivity index (χ3n) is 4.07. The predicted octanol–water partition coefficient (Wildman–Crippen LogP) is 2.05. The molecule has 1 aliphatic rings. The second-order valence-corrected chi connectivity index (χ2v) is 5.81. The molecular formula is C17H23N3O4. The molecule has 2 amide bonds. The Morgan fingerprint density at radius 2 is 2.08 bits per heavy atom. The topological polar surface area (TPSA) is 79.9 Å². The van der Waals surface area contributed by atoms with Gasteiger partial charge in [0.2, 0.25) is 0 Å². The van der Waals surface area contributed by atoms with Crippen molar-refractivity contribution < 1.29 is 18.4 Å². The predicted molar refractivity (Wildman–Crippen MR) is 87.5 cm³/mol. The van der Waals surface area contributed by atoms with Crippen molar-refractivity contribution in [1.29, 1.82) is 0 Å². The summed E-state index contributed by atoms with van der Waals surface area (Å²) in [5, 5.41) is 5.74. The first kappa shape index (κ1) is 16.6. The molecule has 7 nitrogen and oxygen atoms in total. The maximum Gasteiger partial charge on any atom is 0.315 e. The molecule has 0 bridgehead atoms. The number of hydrogen-bond acceptors (Lipinski definition) is 5. The van der Waals surface area contributed by atoms with Crippen molar-refractivity contribution in [1.82, 2.24) is 15.5 Å². The number of morpholine rings is 1. The highest BCUT2D eigenvalue weighted by atomic mass is 16.5. The number of furan rings is 2. The highest BCUT2D eigenvalue weighted by Crippen LogP contribution is 2.23. The van der Waals surface area contributed by atoms with Gasteiger partial charge in [0.25, 0.3) is 0 Å². The molecule has 24 heavy (non-hydrogen) atoms. The van der Waals surface area contributed by atoms with Gasteiger partial charge in [-0.2, -0.15) is 0 Å². The van der Waals surface area contributed by atoms with Crippen LogP contribution < -0.4 is 10.6 Å². The average Bonchev–Trinajstić information content (AvgIpc) is 3.26. The summed E-state index contributed by atoms with van der Waals surface area (Å²) in [6.45, 7) is 5.87. The normalized spacial score (nSPS) is 16.7. The molecule has 0 radical (unpaired) electrons. The number of urea groups is 1. The summed E-state index contributed by atoms with van der Waals surface area (Å²) in [6, 6.07) is 5.53. The molecule has 130 valence electrons. The van der Waals surface area contributed by atoms with Crippen LogP contribution in [-0.4, -0.2) is 43.8 Å². The van der Waals surface area contributed by atoms with Crippen molar-refractivity contribution in [2.24, 2.45) is 0 Å². The average molecular weight is 333 g/mol. The van der Waals surface area contributed by atoms with Crippen LogP contribution in [0.15, 0.2) is 39.6 Å². The number of rotatable bonds is 6. The van der Waals surface area contributed by atoms with Crippen LogP contribution in [0.2, 0.25) is 0 Å². The van der Waals surface area contributed by atoms with E-state index in [1.54, 1.807) is 12.5 Å². The minimum atomic E-state index is -0.210. The Labute approximate surface area is 140 Å². The van der Waals surface area contributed by atoms with Crippen LogP contribution in [0.25, 0.3) is 0 Å². The van der Waals surface area contributed by atoms with Crippen LogP contribution >= 0.6 is 0 Å². The summed E-state index contributed by atoms with van der Waals surface area (Å²) < 4.78 is 16.2. The van der Waals surface area contributed by atoms with E-state index in [1.165, 1.54) is 0 Å². The first-order chi connectivity index (χ1) is 11.7. The van der Waals surface area contributed by atoms with Crippen molar-refractivity contribution in [3.63, 3.8) is 0 Å². The van der Waals surface area contributed by atoms with Gasteiger partial charge in [-0.05, 0) is 25.1 Å². The molecule has 2 aromatic rings. The van der Waals surface area contributed by atoms with Gasteiger partial charge in [-0.25, -0.2) is 4.79 Å². The van der Waals surface area contributed by atoms with Crippen LogP contribution in [0.3, 0.4) is 0 Å². The lowest BCUT2D eigenvalue weighted by atomic mass is 10.1. The molecular weight excluding hydrogens is 310 g/mol. The Kier molecular flexibility index (Phi) is 5.55. The Bertz CT molecular complexity index is 632. The first-order valence-electron chi connectivity index (χ1n) is 8.13. The smallest absolute Gasteiger partial charge is 0.315 e. The molecule has 2 aromatic heterocycles. The van der Waals surface area contributed by atoms with Gasteiger partial charge in [0.05, 0.1) is 31.8 Å². The van der Waals surface area contributed by atoms with Gasteiger partial charge in [-0.3, -0.25) is 4.90 Å². The molecule has 1 unspecified atom stereocenters. The lowest BCUT2D eigenvalue weighted by Gasteiger charge is -2.33. The third kappa shape index (κ3) is 4.39. The maximum absolute atomic E-state index is 12.0. The van der Waals surface area contributed by atoms with E-state index in [-0.39, 0.29) is 12.1 Å². The molecule has 0 aliphatic carbocycles. The van der Waals surface area contributed by atoms with Gasteiger partial charge in [-0.15, -0.1) is 0 Å². The summed E-state index contributed by atoms with van der Waals surface area (Å²) in [5.74, 6) is 1.73. The molecule has 0 aromatic carbocycles. The second-order valence-electron chi connectivity index (χ2n) is 5.81. The Hall–Kier alpha value is -2.25. The molecule has 7 heteroatoms. The van der Waals surface area contributed by atoms with Gasteiger partial charge in [0, 0.05) is 31.7 Å². The molecule has 0 spiro atoms. The van der Waals surface area contributed by atoms with Gasteiger partial charge in [-0.1, -0.05) is 0 Å². The zero-order valence-corrected chi connectivity index (χ0v) is 13.8. The molecule has 1 atom stereocenters. The summed E-state index contributed by atoms with van der Waals surface area (Å²) in [4.78, 5) is 14.3. The highest BCUT2D eigenvalue weighted by molar-refractivity contribution is 5.73. The summed E-state index contributed by atoms with van der Waals surface area (Å²) in [6.07, 6.45) is 3.20. The van der Waals surface area contributed by atoms with Crippen molar-refractivity contribution >= 4 is 6.03 Å². The Balaban J connectivity index is 1.55. The van der Waals surface area contributed by atoms with Crippen LogP contribution in [-0.2, 0) is 11.3 Å². The van der Waals surface area contributed by atoms with E-state index in [2.05, 4.69) is 15.5 Å². The number of nitrogens with one attached hydrogen (secondary N) is 2. The number of ether oxygens (including phenoxy) is 1. The van der Waals surface area contributed by atoms with E-state index in [1.807, 2.05) is 25.1 Å². The lowest BCUT2D eigenvalue weighted by Crippen LogP contribution is -2.45. The summed E-state index contributed by atoms with van der Waals surface area (Å²) >= 11 is 0. The minimum Gasteiger partial charge on any atom is -0.472 e. The monoisotopic (exact) mass is 333 g/mol.